The molecule has 0 aliphatic heterocycles. The van der Waals surface area contributed by atoms with E-state index in [0.29, 0.717) is 27.7 Å². The van der Waals surface area contributed by atoms with Gasteiger partial charge in [0.25, 0.3) is 0 Å². The quantitative estimate of drug-likeness (QED) is 0.917. The zero-order chi connectivity index (χ0) is 13.6. The molecule has 2 N–H and O–H groups in total. The van der Waals surface area contributed by atoms with Crippen LogP contribution in [0.2, 0.25) is 5.02 Å². The Hall–Kier alpha value is -1.68. The Balaban J connectivity index is 2.45. The van der Waals surface area contributed by atoms with Crippen molar-refractivity contribution >= 4 is 28.2 Å². The number of rotatable bonds is 2. The summed E-state index contributed by atoms with van der Waals surface area (Å²) in [5.41, 5.74) is 9.88. The summed E-state index contributed by atoms with van der Waals surface area (Å²) >= 11 is 6.38. The van der Waals surface area contributed by atoms with E-state index in [1.165, 1.54) is 0 Å². The average Bonchev–Trinajstić information content (AvgIpc) is 2.88. The van der Waals surface area contributed by atoms with Crippen molar-refractivity contribution in [3.8, 4) is 11.5 Å². The van der Waals surface area contributed by atoms with Crippen LogP contribution in [-0.2, 0) is 12.8 Å². The lowest BCUT2D eigenvalue weighted by atomic mass is 10.1. The number of fused-ring (bicyclic) bond motifs is 2. The topological polar surface area (TPSA) is 57.4 Å². The van der Waals surface area contributed by atoms with Crippen molar-refractivity contribution in [2.24, 2.45) is 0 Å². The van der Waals surface area contributed by atoms with Crippen molar-refractivity contribution < 1.29 is 9.47 Å². The first-order valence-corrected chi connectivity index (χ1v) is 6.56. The highest BCUT2D eigenvalue weighted by Crippen LogP contribution is 2.43. The number of hydrogen-bond acceptors (Lipinski definition) is 4. The second kappa shape index (κ2) is 4.46. The van der Waals surface area contributed by atoms with Crippen molar-refractivity contribution in [1.82, 2.24) is 4.98 Å². The van der Waals surface area contributed by atoms with E-state index in [1.807, 2.05) is 0 Å². The van der Waals surface area contributed by atoms with Crippen LogP contribution in [0.25, 0.3) is 10.9 Å². The molecule has 1 aromatic heterocycles. The van der Waals surface area contributed by atoms with Gasteiger partial charge in [-0.05, 0) is 24.8 Å². The number of nitrogen functional groups attached to an aromatic ring is 1. The maximum absolute atomic E-state index is 6.38. The van der Waals surface area contributed by atoms with E-state index < -0.39 is 0 Å². The molecule has 0 amide bonds. The van der Waals surface area contributed by atoms with Crippen LogP contribution >= 0.6 is 11.6 Å². The van der Waals surface area contributed by atoms with Crippen LogP contribution in [0.1, 0.15) is 17.7 Å². The molecule has 1 aliphatic rings. The van der Waals surface area contributed by atoms with Gasteiger partial charge in [-0.1, -0.05) is 11.6 Å². The smallest absolute Gasteiger partial charge is 0.148 e. The van der Waals surface area contributed by atoms with Crippen molar-refractivity contribution in [3.05, 3.63) is 22.3 Å². The lowest BCUT2D eigenvalue weighted by Gasteiger charge is -2.14. The molecule has 100 valence electrons. The van der Waals surface area contributed by atoms with Gasteiger partial charge in [0.2, 0.25) is 0 Å². The van der Waals surface area contributed by atoms with Crippen LogP contribution in [0, 0.1) is 0 Å². The van der Waals surface area contributed by atoms with E-state index in [2.05, 4.69) is 4.98 Å². The molecule has 0 saturated carbocycles. The third kappa shape index (κ3) is 1.70. The number of nitrogens with zero attached hydrogens (tertiary/aromatic N) is 1. The van der Waals surface area contributed by atoms with Gasteiger partial charge in [0.15, 0.2) is 0 Å². The van der Waals surface area contributed by atoms with E-state index in [0.717, 1.165) is 35.9 Å². The highest BCUT2D eigenvalue weighted by atomic mass is 35.5. The van der Waals surface area contributed by atoms with Gasteiger partial charge in [-0.25, -0.2) is 4.98 Å². The number of nitrogens with two attached hydrogens (primary N) is 1. The molecule has 1 aromatic carbocycles. The number of aryl methyl sites for hydroxylation is 1. The molecule has 4 nitrogen and oxygen atoms in total. The minimum atomic E-state index is 0.498. The Labute approximate surface area is 116 Å². The van der Waals surface area contributed by atoms with Gasteiger partial charge in [-0.2, -0.15) is 0 Å². The molecular weight excluding hydrogens is 264 g/mol. The summed E-state index contributed by atoms with van der Waals surface area (Å²) in [6.45, 7) is 0. The molecule has 19 heavy (non-hydrogen) atoms. The van der Waals surface area contributed by atoms with E-state index in [-0.39, 0.29) is 0 Å². The molecule has 2 aromatic rings. The van der Waals surface area contributed by atoms with Gasteiger partial charge in [-0.15, -0.1) is 0 Å². The van der Waals surface area contributed by atoms with Crippen LogP contribution in [0.3, 0.4) is 0 Å². The molecule has 1 heterocycles. The predicted octanol–water partition coefficient (Wildman–Crippen LogP) is 2.98. The second-order valence-electron chi connectivity index (χ2n) is 4.62. The Kier molecular flexibility index (Phi) is 2.90. The molecule has 0 bridgehead atoms. The SMILES string of the molecule is COc1cc(OC)c2nc3c(c(N)c2c1Cl)CCC3. The van der Waals surface area contributed by atoms with Gasteiger partial charge in [-0.3, -0.25) is 0 Å². The summed E-state index contributed by atoms with van der Waals surface area (Å²) in [6.07, 6.45) is 3.00. The number of ether oxygens (including phenoxy) is 2. The fourth-order valence-electron chi connectivity index (χ4n) is 2.69. The largest absolute Gasteiger partial charge is 0.495 e. The van der Waals surface area contributed by atoms with E-state index >= 15 is 0 Å². The number of halogens is 1. The summed E-state index contributed by atoms with van der Waals surface area (Å²) < 4.78 is 10.7. The van der Waals surface area contributed by atoms with Crippen LogP contribution < -0.4 is 15.2 Å². The van der Waals surface area contributed by atoms with E-state index in [4.69, 9.17) is 26.8 Å². The predicted molar refractivity (Wildman–Crippen MR) is 76.3 cm³/mol. The lowest BCUT2D eigenvalue weighted by Crippen LogP contribution is -2.01. The summed E-state index contributed by atoms with van der Waals surface area (Å²) in [6, 6.07) is 1.75. The summed E-state index contributed by atoms with van der Waals surface area (Å²) in [5, 5.41) is 1.23. The summed E-state index contributed by atoms with van der Waals surface area (Å²) in [5.74, 6) is 1.19. The van der Waals surface area contributed by atoms with E-state index in [1.54, 1.807) is 20.3 Å². The molecule has 0 spiro atoms. The van der Waals surface area contributed by atoms with Crippen molar-refractivity contribution in [3.63, 3.8) is 0 Å². The number of methoxy groups -OCH3 is 2. The van der Waals surface area contributed by atoms with Crippen molar-refractivity contribution in [2.45, 2.75) is 19.3 Å². The molecule has 3 rings (SSSR count). The van der Waals surface area contributed by atoms with E-state index in [9.17, 15) is 0 Å². The van der Waals surface area contributed by atoms with Crippen LogP contribution in [-0.4, -0.2) is 19.2 Å². The number of anilines is 1. The first-order valence-electron chi connectivity index (χ1n) is 6.18. The first kappa shape index (κ1) is 12.4. The number of aromatic nitrogens is 1. The van der Waals surface area contributed by atoms with Crippen LogP contribution in [0.4, 0.5) is 5.69 Å². The van der Waals surface area contributed by atoms with Gasteiger partial charge in [0.05, 0.1) is 19.2 Å². The van der Waals surface area contributed by atoms with Crippen LogP contribution in [0.5, 0.6) is 11.5 Å². The molecule has 0 unspecified atom stereocenters. The third-order valence-corrected chi connectivity index (χ3v) is 4.01. The van der Waals surface area contributed by atoms with Gasteiger partial charge in [0.1, 0.15) is 17.0 Å². The zero-order valence-corrected chi connectivity index (χ0v) is 11.7. The van der Waals surface area contributed by atoms with Gasteiger partial charge in [0, 0.05) is 22.8 Å². The van der Waals surface area contributed by atoms with Gasteiger partial charge >= 0.3 is 0 Å². The Bertz CT molecular complexity index is 671. The Morgan fingerprint density at radius 3 is 2.63 bits per heavy atom. The molecule has 0 saturated heterocycles. The monoisotopic (exact) mass is 278 g/mol. The minimum Gasteiger partial charge on any atom is -0.495 e. The normalized spacial score (nSPS) is 13.6. The van der Waals surface area contributed by atoms with Crippen LogP contribution in [0.15, 0.2) is 6.07 Å². The minimum absolute atomic E-state index is 0.498. The molecule has 1 aliphatic carbocycles. The molecule has 5 heteroatoms. The van der Waals surface area contributed by atoms with Crippen molar-refractivity contribution in [1.29, 1.82) is 0 Å². The average molecular weight is 279 g/mol. The number of benzene rings is 1. The molecule has 0 atom stereocenters. The Morgan fingerprint density at radius 2 is 1.95 bits per heavy atom. The fourth-order valence-corrected chi connectivity index (χ4v) is 3.01. The maximum Gasteiger partial charge on any atom is 0.148 e. The number of pyridine rings is 1. The first-order chi connectivity index (χ1) is 9.17. The Morgan fingerprint density at radius 1 is 1.21 bits per heavy atom. The maximum atomic E-state index is 6.38. The highest BCUT2D eigenvalue weighted by Gasteiger charge is 2.23. The molecule has 0 radical (unpaired) electrons. The second-order valence-corrected chi connectivity index (χ2v) is 5.00. The molecular formula is C14H15ClN2O2. The number of hydrogen-bond donors (Lipinski definition) is 1. The zero-order valence-electron chi connectivity index (χ0n) is 10.9. The molecule has 0 fully saturated rings. The fraction of sp³-hybridized carbons (Fsp3) is 0.357. The van der Waals surface area contributed by atoms with Gasteiger partial charge < -0.3 is 15.2 Å². The lowest BCUT2D eigenvalue weighted by molar-refractivity contribution is 0.397. The summed E-state index contributed by atoms with van der Waals surface area (Å²) in [7, 11) is 3.18. The third-order valence-electron chi connectivity index (χ3n) is 3.64. The standard InChI is InChI=1S/C14H15ClN2O2/c1-18-9-6-10(19-2)14-11(12(9)15)13(16)7-4-3-5-8(7)17-14/h6H,3-5H2,1-2H3,(H2,16,17). The highest BCUT2D eigenvalue weighted by molar-refractivity contribution is 6.38. The van der Waals surface area contributed by atoms with Crippen molar-refractivity contribution in [2.75, 3.05) is 20.0 Å². The summed E-state index contributed by atoms with van der Waals surface area (Å²) in [4.78, 5) is 4.68.